The minimum Gasteiger partial charge on any atom is -0.350 e. The number of hydrogen-bond acceptors (Lipinski definition) is 3. The van der Waals surface area contributed by atoms with Gasteiger partial charge in [-0.25, -0.2) is 4.39 Å². The van der Waals surface area contributed by atoms with Gasteiger partial charge in [0.2, 0.25) is 0 Å². The molecule has 2 aromatic carbocycles. The van der Waals surface area contributed by atoms with Crippen LogP contribution in [0.3, 0.4) is 0 Å². The van der Waals surface area contributed by atoms with Crippen LogP contribution in [0.1, 0.15) is 32.0 Å². The van der Waals surface area contributed by atoms with Gasteiger partial charge in [0.15, 0.2) is 0 Å². The van der Waals surface area contributed by atoms with Crippen LogP contribution in [0.15, 0.2) is 66.9 Å². The van der Waals surface area contributed by atoms with Gasteiger partial charge >= 0.3 is 0 Å². The normalized spacial score (nSPS) is 10.4. The molecule has 28 heavy (non-hydrogen) atoms. The first-order valence-corrected chi connectivity index (χ1v) is 8.88. The Hall–Kier alpha value is -3.54. The van der Waals surface area contributed by atoms with Gasteiger partial charge in [-0.05, 0) is 60.9 Å². The van der Waals surface area contributed by atoms with Crippen molar-refractivity contribution in [3.63, 3.8) is 0 Å². The molecule has 1 aromatic heterocycles. The SMILES string of the molecule is Cc1cccc(NC(=O)c2ccnc(C(=O)NCCc3ccc(F)cc3)c2)c1. The number of carbonyl (C=O) groups excluding carboxylic acids is 2. The van der Waals surface area contributed by atoms with Crippen molar-refractivity contribution < 1.29 is 14.0 Å². The molecular weight excluding hydrogens is 357 g/mol. The zero-order valence-electron chi connectivity index (χ0n) is 15.4. The summed E-state index contributed by atoms with van der Waals surface area (Å²) < 4.78 is 12.9. The maximum absolute atomic E-state index is 12.9. The number of aryl methyl sites for hydroxylation is 1. The predicted molar refractivity (Wildman–Crippen MR) is 106 cm³/mol. The third-order valence-electron chi connectivity index (χ3n) is 4.14. The molecule has 0 aliphatic rings. The van der Waals surface area contributed by atoms with Crippen molar-refractivity contribution >= 4 is 17.5 Å². The first kappa shape index (κ1) is 19.2. The van der Waals surface area contributed by atoms with Crippen molar-refractivity contribution in [2.24, 2.45) is 0 Å². The Morgan fingerprint density at radius 1 is 1.00 bits per heavy atom. The first-order chi connectivity index (χ1) is 13.5. The molecule has 0 aliphatic heterocycles. The standard InChI is InChI=1S/C22H20FN3O2/c1-15-3-2-4-19(13-15)26-21(27)17-10-12-24-20(14-17)22(28)25-11-9-16-5-7-18(23)8-6-16/h2-8,10,12-14H,9,11H2,1H3,(H,25,28)(H,26,27). The van der Waals surface area contributed by atoms with Crippen LogP contribution < -0.4 is 10.6 Å². The second-order valence-electron chi connectivity index (χ2n) is 6.39. The van der Waals surface area contributed by atoms with Gasteiger partial charge in [0.1, 0.15) is 11.5 Å². The largest absolute Gasteiger partial charge is 0.350 e. The summed E-state index contributed by atoms with van der Waals surface area (Å²) in [5.74, 6) is -0.974. The van der Waals surface area contributed by atoms with Crippen molar-refractivity contribution in [3.8, 4) is 0 Å². The Labute approximate surface area is 162 Å². The number of rotatable bonds is 6. The van der Waals surface area contributed by atoms with Crippen molar-refractivity contribution in [1.82, 2.24) is 10.3 Å². The van der Waals surface area contributed by atoms with Gasteiger partial charge in [0, 0.05) is 24.0 Å². The Bertz CT molecular complexity index is 987. The second kappa shape index (κ2) is 8.90. The molecule has 0 aliphatic carbocycles. The summed E-state index contributed by atoms with van der Waals surface area (Å²) >= 11 is 0. The number of aromatic nitrogens is 1. The lowest BCUT2D eigenvalue weighted by Gasteiger charge is -2.08. The number of pyridine rings is 1. The number of carbonyl (C=O) groups is 2. The molecule has 0 unspecified atom stereocenters. The van der Waals surface area contributed by atoms with Crippen LogP contribution in [0, 0.1) is 12.7 Å². The maximum atomic E-state index is 12.9. The van der Waals surface area contributed by atoms with Crippen LogP contribution >= 0.6 is 0 Å². The highest BCUT2D eigenvalue weighted by atomic mass is 19.1. The third-order valence-corrected chi connectivity index (χ3v) is 4.14. The van der Waals surface area contributed by atoms with Crippen LogP contribution in [0.5, 0.6) is 0 Å². The van der Waals surface area contributed by atoms with Gasteiger partial charge in [-0.2, -0.15) is 0 Å². The van der Waals surface area contributed by atoms with E-state index in [1.165, 1.54) is 24.4 Å². The minimum atomic E-state index is -0.368. The molecule has 5 nitrogen and oxygen atoms in total. The highest BCUT2D eigenvalue weighted by molar-refractivity contribution is 6.05. The van der Waals surface area contributed by atoms with Crippen molar-refractivity contribution in [3.05, 3.63) is 95.1 Å². The molecule has 1 heterocycles. The maximum Gasteiger partial charge on any atom is 0.269 e. The van der Waals surface area contributed by atoms with E-state index in [-0.39, 0.29) is 23.3 Å². The van der Waals surface area contributed by atoms with E-state index in [1.807, 2.05) is 25.1 Å². The number of amides is 2. The number of anilines is 1. The van der Waals surface area contributed by atoms with Crippen molar-refractivity contribution in [2.45, 2.75) is 13.3 Å². The van der Waals surface area contributed by atoms with Gasteiger partial charge in [0.25, 0.3) is 11.8 Å². The van der Waals surface area contributed by atoms with E-state index in [9.17, 15) is 14.0 Å². The number of halogens is 1. The van der Waals surface area contributed by atoms with Crippen LogP contribution in [0.2, 0.25) is 0 Å². The summed E-state index contributed by atoms with van der Waals surface area (Å²) in [7, 11) is 0. The summed E-state index contributed by atoms with van der Waals surface area (Å²) in [4.78, 5) is 28.8. The average molecular weight is 377 g/mol. The molecule has 3 aromatic rings. The molecule has 142 valence electrons. The molecular formula is C22H20FN3O2. The van der Waals surface area contributed by atoms with Crippen LogP contribution in [-0.2, 0) is 6.42 Å². The monoisotopic (exact) mass is 377 g/mol. The molecule has 0 radical (unpaired) electrons. The van der Waals surface area contributed by atoms with E-state index in [0.717, 1.165) is 11.1 Å². The fourth-order valence-electron chi connectivity index (χ4n) is 2.68. The van der Waals surface area contributed by atoms with Gasteiger partial charge in [-0.1, -0.05) is 24.3 Å². The molecule has 0 fully saturated rings. The van der Waals surface area contributed by atoms with E-state index in [2.05, 4.69) is 15.6 Å². The molecule has 0 bridgehead atoms. The molecule has 3 rings (SSSR count). The lowest BCUT2D eigenvalue weighted by Crippen LogP contribution is -2.27. The highest BCUT2D eigenvalue weighted by Crippen LogP contribution is 2.12. The second-order valence-corrected chi connectivity index (χ2v) is 6.39. The zero-order valence-corrected chi connectivity index (χ0v) is 15.4. The van der Waals surface area contributed by atoms with Gasteiger partial charge in [-0.3, -0.25) is 14.6 Å². The summed E-state index contributed by atoms with van der Waals surface area (Å²) in [5.41, 5.74) is 3.15. The summed E-state index contributed by atoms with van der Waals surface area (Å²) in [6, 6.07) is 16.6. The van der Waals surface area contributed by atoms with Crippen molar-refractivity contribution in [1.29, 1.82) is 0 Å². The molecule has 0 saturated heterocycles. The molecule has 6 heteroatoms. The van der Waals surface area contributed by atoms with E-state index >= 15 is 0 Å². The first-order valence-electron chi connectivity index (χ1n) is 8.88. The Morgan fingerprint density at radius 2 is 1.79 bits per heavy atom. The predicted octanol–water partition coefficient (Wildman–Crippen LogP) is 3.75. The van der Waals surface area contributed by atoms with Gasteiger partial charge < -0.3 is 10.6 Å². The van der Waals surface area contributed by atoms with Crippen LogP contribution in [0.4, 0.5) is 10.1 Å². The lowest BCUT2D eigenvalue weighted by molar-refractivity contribution is 0.0949. The van der Waals surface area contributed by atoms with Gasteiger partial charge in [-0.15, -0.1) is 0 Å². The smallest absolute Gasteiger partial charge is 0.269 e. The van der Waals surface area contributed by atoms with Crippen molar-refractivity contribution in [2.75, 3.05) is 11.9 Å². The number of nitrogens with one attached hydrogen (secondary N) is 2. The van der Waals surface area contributed by atoms with E-state index in [1.54, 1.807) is 24.3 Å². The fourth-order valence-corrected chi connectivity index (χ4v) is 2.68. The summed E-state index contributed by atoms with van der Waals surface area (Å²) in [6.07, 6.45) is 2.00. The zero-order chi connectivity index (χ0) is 19.9. The Morgan fingerprint density at radius 3 is 2.54 bits per heavy atom. The molecule has 0 saturated carbocycles. The molecule has 0 atom stereocenters. The fraction of sp³-hybridized carbons (Fsp3) is 0.136. The number of nitrogens with zero attached hydrogens (tertiary/aromatic N) is 1. The summed E-state index contributed by atoms with van der Waals surface area (Å²) in [5, 5.41) is 5.56. The highest BCUT2D eigenvalue weighted by Gasteiger charge is 2.12. The topological polar surface area (TPSA) is 71.1 Å². The Kier molecular flexibility index (Phi) is 6.11. The van der Waals surface area contributed by atoms with E-state index in [4.69, 9.17) is 0 Å². The van der Waals surface area contributed by atoms with Gasteiger partial charge in [0.05, 0.1) is 0 Å². The third kappa shape index (κ3) is 5.23. The number of hydrogen-bond donors (Lipinski definition) is 2. The number of benzene rings is 2. The molecule has 0 spiro atoms. The molecule has 2 amide bonds. The van der Waals surface area contributed by atoms with Crippen LogP contribution in [-0.4, -0.2) is 23.3 Å². The average Bonchev–Trinajstić information content (AvgIpc) is 2.69. The lowest BCUT2D eigenvalue weighted by atomic mass is 10.1. The van der Waals surface area contributed by atoms with E-state index in [0.29, 0.717) is 24.2 Å². The summed E-state index contributed by atoms with van der Waals surface area (Å²) in [6.45, 7) is 2.32. The molecule has 2 N–H and O–H groups in total. The quantitative estimate of drug-likeness (QED) is 0.687. The van der Waals surface area contributed by atoms with Crippen LogP contribution in [0.25, 0.3) is 0 Å². The van der Waals surface area contributed by atoms with E-state index < -0.39 is 0 Å². The minimum absolute atomic E-state index is 0.163. The Balaban J connectivity index is 1.59.